The Kier molecular flexibility index (Phi) is 7.27. The number of esters is 1. The fourth-order valence-corrected chi connectivity index (χ4v) is 2.62. The molecule has 26 heavy (non-hydrogen) atoms. The fourth-order valence-electron chi connectivity index (χ4n) is 2.62. The van der Waals surface area contributed by atoms with Crippen molar-refractivity contribution in [2.75, 3.05) is 13.2 Å². The number of carbonyl (C=O) groups excluding carboxylic acids is 1. The Hall–Kier alpha value is -2.75. The number of carbonyl (C=O) groups is 1. The Bertz CT molecular complexity index is 756. The van der Waals surface area contributed by atoms with Crippen LogP contribution in [-0.2, 0) is 9.53 Å². The number of benzene rings is 2. The molecule has 0 unspecified atom stereocenters. The van der Waals surface area contributed by atoms with Crippen molar-refractivity contribution >= 4 is 12.0 Å². The Morgan fingerprint density at radius 3 is 2.50 bits per heavy atom. The van der Waals surface area contributed by atoms with Crippen molar-refractivity contribution in [1.29, 1.82) is 0 Å². The highest BCUT2D eigenvalue weighted by Gasteiger charge is 2.08. The molecule has 0 aliphatic carbocycles. The number of phenolic OH excluding ortho intramolecular Hbond substituents is 1. The van der Waals surface area contributed by atoms with Crippen LogP contribution in [0.3, 0.4) is 0 Å². The summed E-state index contributed by atoms with van der Waals surface area (Å²) in [5.41, 5.74) is 3.91. The molecular weight excluding hydrogens is 328 g/mol. The summed E-state index contributed by atoms with van der Waals surface area (Å²) in [7, 11) is 0. The zero-order valence-electron chi connectivity index (χ0n) is 15.6. The second-order valence-electron chi connectivity index (χ2n) is 6.24. The van der Waals surface area contributed by atoms with Crippen LogP contribution < -0.4 is 4.74 Å². The highest BCUT2D eigenvalue weighted by atomic mass is 16.5. The fraction of sp³-hybridized carbons (Fsp3) is 0.318. The van der Waals surface area contributed by atoms with Crippen LogP contribution in [0.4, 0.5) is 0 Å². The van der Waals surface area contributed by atoms with Crippen LogP contribution in [0.2, 0.25) is 0 Å². The molecule has 2 aromatic rings. The molecule has 0 radical (unpaired) electrons. The molecule has 138 valence electrons. The molecule has 2 aromatic carbocycles. The number of aromatic hydroxyl groups is 1. The number of hydrogen-bond acceptors (Lipinski definition) is 4. The van der Waals surface area contributed by atoms with E-state index >= 15 is 0 Å². The van der Waals surface area contributed by atoms with Gasteiger partial charge in [-0.2, -0.15) is 0 Å². The van der Waals surface area contributed by atoms with Crippen LogP contribution in [0.5, 0.6) is 11.5 Å². The molecule has 4 heteroatoms. The van der Waals surface area contributed by atoms with E-state index in [2.05, 4.69) is 0 Å². The average Bonchev–Trinajstić information content (AvgIpc) is 2.61. The molecule has 0 fully saturated rings. The van der Waals surface area contributed by atoms with Gasteiger partial charge in [-0.3, -0.25) is 4.79 Å². The number of rotatable bonds is 8. The Morgan fingerprint density at radius 2 is 1.85 bits per heavy atom. The summed E-state index contributed by atoms with van der Waals surface area (Å²) in [6, 6.07) is 13.3. The summed E-state index contributed by atoms with van der Waals surface area (Å²) >= 11 is 0. The van der Waals surface area contributed by atoms with E-state index in [1.807, 2.05) is 56.3 Å². The molecule has 0 amide bonds. The van der Waals surface area contributed by atoms with Gasteiger partial charge >= 0.3 is 5.97 Å². The number of allylic oxidation sites excluding steroid dienone is 1. The van der Waals surface area contributed by atoms with E-state index in [9.17, 15) is 9.90 Å². The van der Waals surface area contributed by atoms with Crippen molar-refractivity contribution in [3.8, 4) is 22.6 Å². The molecule has 0 atom stereocenters. The molecule has 2 rings (SSSR count). The van der Waals surface area contributed by atoms with Crippen LogP contribution in [-0.4, -0.2) is 24.3 Å². The third-order valence-corrected chi connectivity index (χ3v) is 3.78. The molecule has 0 bridgehead atoms. The first-order valence-corrected chi connectivity index (χ1v) is 8.87. The lowest BCUT2D eigenvalue weighted by atomic mass is 9.97. The van der Waals surface area contributed by atoms with Crippen LogP contribution in [0.25, 0.3) is 17.2 Å². The molecule has 0 aliphatic rings. The highest BCUT2D eigenvalue weighted by Crippen LogP contribution is 2.32. The predicted molar refractivity (Wildman–Crippen MR) is 104 cm³/mol. The van der Waals surface area contributed by atoms with Crippen molar-refractivity contribution in [3.05, 3.63) is 53.6 Å². The van der Waals surface area contributed by atoms with Gasteiger partial charge < -0.3 is 14.6 Å². The van der Waals surface area contributed by atoms with Crippen LogP contribution >= 0.6 is 0 Å². The van der Waals surface area contributed by atoms with Gasteiger partial charge in [0.15, 0.2) is 0 Å². The van der Waals surface area contributed by atoms with Crippen LogP contribution in [0, 0.1) is 0 Å². The quantitative estimate of drug-likeness (QED) is 0.522. The van der Waals surface area contributed by atoms with Crippen LogP contribution in [0.1, 0.15) is 39.2 Å². The van der Waals surface area contributed by atoms with Gasteiger partial charge in [0.2, 0.25) is 0 Å². The molecule has 0 saturated carbocycles. The third kappa shape index (κ3) is 5.66. The summed E-state index contributed by atoms with van der Waals surface area (Å²) in [5, 5.41) is 10.2. The summed E-state index contributed by atoms with van der Waals surface area (Å²) in [6.45, 7) is 6.68. The number of phenols is 1. The molecule has 0 aliphatic heterocycles. The minimum absolute atomic E-state index is 0.192. The maximum absolute atomic E-state index is 11.3. The van der Waals surface area contributed by atoms with E-state index in [4.69, 9.17) is 9.47 Å². The van der Waals surface area contributed by atoms with Gasteiger partial charge in [-0.15, -0.1) is 0 Å². The van der Waals surface area contributed by atoms with E-state index in [0.717, 1.165) is 28.0 Å². The van der Waals surface area contributed by atoms with Gasteiger partial charge in [-0.1, -0.05) is 35.9 Å². The van der Waals surface area contributed by atoms with Crippen molar-refractivity contribution in [3.63, 3.8) is 0 Å². The van der Waals surface area contributed by atoms with E-state index in [1.165, 1.54) is 0 Å². The normalized spacial score (nSPS) is 10.3. The number of hydrogen-bond donors (Lipinski definition) is 1. The molecule has 0 heterocycles. The summed E-state index contributed by atoms with van der Waals surface area (Å²) in [4.78, 5) is 11.3. The topological polar surface area (TPSA) is 55.8 Å². The minimum atomic E-state index is -0.192. The molecule has 0 saturated heterocycles. The van der Waals surface area contributed by atoms with Crippen molar-refractivity contribution < 1.29 is 19.4 Å². The molecule has 0 aromatic heterocycles. The van der Waals surface area contributed by atoms with Gasteiger partial charge in [-0.25, -0.2) is 0 Å². The first-order chi connectivity index (χ1) is 12.5. The SMILES string of the molecule is CCOC(=O)CCCOc1ccc(-c2cccc(O)c2C=C(C)C)cc1. The van der Waals surface area contributed by atoms with Gasteiger partial charge in [-0.05, 0) is 56.5 Å². The smallest absolute Gasteiger partial charge is 0.305 e. The van der Waals surface area contributed by atoms with E-state index in [-0.39, 0.29) is 11.7 Å². The average molecular weight is 354 g/mol. The van der Waals surface area contributed by atoms with Gasteiger partial charge in [0, 0.05) is 12.0 Å². The van der Waals surface area contributed by atoms with E-state index in [0.29, 0.717) is 26.1 Å². The zero-order valence-corrected chi connectivity index (χ0v) is 15.6. The molecule has 1 N–H and O–H groups in total. The molecule has 0 spiro atoms. The molecule has 4 nitrogen and oxygen atoms in total. The summed E-state index contributed by atoms with van der Waals surface area (Å²) in [5.74, 6) is 0.826. The third-order valence-electron chi connectivity index (χ3n) is 3.78. The lowest BCUT2D eigenvalue weighted by Crippen LogP contribution is -2.06. The number of ether oxygens (including phenoxy) is 2. The molecular formula is C22H26O4. The minimum Gasteiger partial charge on any atom is -0.507 e. The Labute approximate surface area is 155 Å². The monoisotopic (exact) mass is 354 g/mol. The zero-order chi connectivity index (χ0) is 18.9. The van der Waals surface area contributed by atoms with Gasteiger partial charge in [0.05, 0.1) is 13.2 Å². The van der Waals surface area contributed by atoms with E-state index < -0.39 is 0 Å². The lowest BCUT2D eigenvalue weighted by molar-refractivity contribution is -0.143. The maximum atomic E-state index is 11.3. The second-order valence-corrected chi connectivity index (χ2v) is 6.24. The first-order valence-electron chi connectivity index (χ1n) is 8.87. The van der Waals surface area contributed by atoms with Crippen LogP contribution in [0.15, 0.2) is 48.0 Å². The highest BCUT2D eigenvalue weighted by molar-refractivity contribution is 5.79. The largest absolute Gasteiger partial charge is 0.507 e. The lowest BCUT2D eigenvalue weighted by Gasteiger charge is -2.11. The van der Waals surface area contributed by atoms with Crippen molar-refractivity contribution in [2.45, 2.75) is 33.6 Å². The second kappa shape index (κ2) is 9.66. The summed E-state index contributed by atoms with van der Waals surface area (Å²) in [6.07, 6.45) is 2.96. The van der Waals surface area contributed by atoms with Crippen molar-refractivity contribution in [2.24, 2.45) is 0 Å². The predicted octanol–water partition coefficient (Wildman–Crippen LogP) is 5.20. The Morgan fingerprint density at radius 1 is 1.12 bits per heavy atom. The summed E-state index contributed by atoms with van der Waals surface area (Å²) < 4.78 is 10.6. The van der Waals surface area contributed by atoms with Crippen molar-refractivity contribution in [1.82, 2.24) is 0 Å². The maximum Gasteiger partial charge on any atom is 0.305 e. The van der Waals surface area contributed by atoms with Gasteiger partial charge in [0.25, 0.3) is 0 Å². The van der Waals surface area contributed by atoms with E-state index in [1.54, 1.807) is 13.0 Å². The Balaban J connectivity index is 2.03. The first kappa shape index (κ1) is 19.6. The van der Waals surface area contributed by atoms with Gasteiger partial charge in [0.1, 0.15) is 11.5 Å². The standard InChI is InChI=1S/C22H26O4/c1-4-25-22(24)9-6-14-26-18-12-10-17(11-13-18)19-7-5-8-21(23)20(19)15-16(2)3/h5,7-8,10-13,15,23H,4,6,9,14H2,1-3H3.